The Morgan fingerprint density at radius 1 is 1.00 bits per heavy atom. The van der Waals surface area contributed by atoms with Crippen LogP contribution in [0.4, 0.5) is 0 Å². The van der Waals surface area contributed by atoms with Gasteiger partial charge < -0.3 is 4.55 Å². The van der Waals surface area contributed by atoms with Gasteiger partial charge >= 0.3 is 29.6 Å². The first-order chi connectivity index (χ1) is 8.49. The molecule has 0 spiro atoms. The van der Waals surface area contributed by atoms with Crippen LogP contribution < -0.4 is 29.6 Å². The molecular weight excluding hydrogens is 271 g/mol. The van der Waals surface area contributed by atoms with Crippen LogP contribution in [0.1, 0.15) is 25.0 Å². The van der Waals surface area contributed by atoms with Crippen molar-refractivity contribution in [1.82, 2.24) is 0 Å². The van der Waals surface area contributed by atoms with Gasteiger partial charge in [0.05, 0.1) is 4.90 Å². The van der Waals surface area contributed by atoms with E-state index in [4.69, 9.17) is 0 Å². The average molecular weight is 286 g/mol. The van der Waals surface area contributed by atoms with Crippen molar-refractivity contribution in [3.63, 3.8) is 0 Å². The minimum atomic E-state index is -4.44. The molecule has 0 aliphatic rings. The molecule has 0 saturated heterocycles. The Morgan fingerprint density at radius 2 is 1.58 bits per heavy atom. The summed E-state index contributed by atoms with van der Waals surface area (Å²) < 4.78 is 34.1. The molecular formula is C14H15NaO3S. The second-order valence-electron chi connectivity index (χ2n) is 4.22. The van der Waals surface area contributed by atoms with Gasteiger partial charge in [0.25, 0.3) is 0 Å². The molecule has 0 aliphatic carbocycles. The van der Waals surface area contributed by atoms with E-state index in [9.17, 15) is 13.0 Å². The molecule has 0 aromatic heterocycles. The summed E-state index contributed by atoms with van der Waals surface area (Å²) in [5.74, 6) is 0. The maximum Gasteiger partial charge on any atom is 1.00 e. The average Bonchev–Trinajstić information content (AvgIpc) is 2.35. The van der Waals surface area contributed by atoms with Crippen molar-refractivity contribution in [3.05, 3.63) is 41.5 Å². The molecule has 0 amide bonds. The van der Waals surface area contributed by atoms with Crippen LogP contribution >= 0.6 is 0 Å². The van der Waals surface area contributed by atoms with Crippen LogP contribution in [0.3, 0.4) is 0 Å². The number of hydrogen-bond donors (Lipinski definition) is 0. The minimum Gasteiger partial charge on any atom is -0.744 e. The summed E-state index contributed by atoms with van der Waals surface area (Å²) in [4.78, 5) is -0.104. The minimum absolute atomic E-state index is 0. The first-order valence-corrected chi connectivity index (χ1v) is 7.39. The zero-order valence-corrected chi connectivity index (χ0v) is 14.3. The Balaban J connectivity index is 0.00000180. The van der Waals surface area contributed by atoms with E-state index in [2.05, 4.69) is 0 Å². The first kappa shape index (κ1) is 16.7. The third kappa shape index (κ3) is 3.20. The van der Waals surface area contributed by atoms with Crippen LogP contribution in [0.5, 0.6) is 0 Å². The smallest absolute Gasteiger partial charge is 0.744 e. The summed E-state index contributed by atoms with van der Waals surface area (Å²) in [6.07, 6.45) is 1.51. The number of fused-ring (bicyclic) bond motifs is 1. The Hall–Kier alpha value is -0.390. The van der Waals surface area contributed by atoms with E-state index in [1.807, 2.05) is 32.0 Å². The van der Waals surface area contributed by atoms with Crippen molar-refractivity contribution in [1.29, 1.82) is 0 Å². The maximum absolute atomic E-state index is 11.4. The fourth-order valence-corrected chi connectivity index (χ4v) is 3.05. The molecule has 0 heterocycles. The topological polar surface area (TPSA) is 57.2 Å². The standard InChI is InChI=1S/C14H16O3S.Na/c1-3-10-8-9-11(4-2)14-12(10)6-5-7-13(14)18(15,16)17;/h5-9H,3-4H2,1-2H3,(H,15,16,17);/q;+1/p-1. The van der Waals surface area contributed by atoms with Gasteiger partial charge in [-0.25, -0.2) is 8.42 Å². The fraction of sp³-hybridized carbons (Fsp3) is 0.286. The van der Waals surface area contributed by atoms with Gasteiger partial charge in [-0.3, -0.25) is 0 Å². The van der Waals surface area contributed by atoms with Gasteiger partial charge in [0, 0.05) is 5.39 Å². The Morgan fingerprint density at radius 3 is 2.11 bits per heavy atom. The van der Waals surface area contributed by atoms with Crippen molar-refractivity contribution in [2.45, 2.75) is 31.6 Å². The summed E-state index contributed by atoms with van der Waals surface area (Å²) in [6.45, 7) is 3.97. The van der Waals surface area contributed by atoms with Crippen molar-refractivity contribution in [2.75, 3.05) is 0 Å². The molecule has 2 rings (SSSR count). The SMILES string of the molecule is CCc1ccc(CC)c2c(S(=O)(=O)[O-])cccc12.[Na+]. The van der Waals surface area contributed by atoms with Crippen molar-refractivity contribution >= 4 is 20.9 Å². The molecule has 5 heteroatoms. The van der Waals surface area contributed by atoms with E-state index in [0.29, 0.717) is 11.8 Å². The van der Waals surface area contributed by atoms with Gasteiger partial charge in [0.15, 0.2) is 0 Å². The maximum atomic E-state index is 11.4. The van der Waals surface area contributed by atoms with E-state index in [0.717, 1.165) is 22.9 Å². The molecule has 0 radical (unpaired) electrons. The predicted molar refractivity (Wildman–Crippen MR) is 70.7 cm³/mol. The van der Waals surface area contributed by atoms with E-state index < -0.39 is 10.1 Å². The van der Waals surface area contributed by atoms with Gasteiger partial charge in [0.2, 0.25) is 0 Å². The molecule has 0 aliphatic heterocycles. The monoisotopic (exact) mass is 286 g/mol. The molecule has 2 aromatic rings. The third-order valence-electron chi connectivity index (χ3n) is 3.21. The molecule has 0 atom stereocenters. The molecule has 3 nitrogen and oxygen atoms in total. The van der Waals surface area contributed by atoms with Crippen LogP contribution in [-0.4, -0.2) is 13.0 Å². The molecule has 2 aromatic carbocycles. The summed E-state index contributed by atoms with van der Waals surface area (Å²) >= 11 is 0. The zero-order chi connectivity index (χ0) is 13.3. The normalized spacial score (nSPS) is 11.3. The van der Waals surface area contributed by atoms with Crippen LogP contribution in [-0.2, 0) is 23.0 Å². The van der Waals surface area contributed by atoms with Gasteiger partial charge in [0.1, 0.15) is 10.1 Å². The summed E-state index contributed by atoms with van der Waals surface area (Å²) in [5, 5.41) is 1.46. The molecule has 0 saturated carbocycles. The van der Waals surface area contributed by atoms with Crippen molar-refractivity contribution < 1.29 is 42.5 Å². The van der Waals surface area contributed by atoms with Crippen LogP contribution in [0.15, 0.2) is 35.2 Å². The zero-order valence-electron chi connectivity index (χ0n) is 11.4. The van der Waals surface area contributed by atoms with E-state index >= 15 is 0 Å². The Kier molecular flexibility index (Phi) is 5.59. The second-order valence-corrected chi connectivity index (χ2v) is 5.57. The van der Waals surface area contributed by atoms with E-state index in [1.165, 1.54) is 6.07 Å². The Labute approximate surface area is 136 Å². The van der Waals surface area contributed by atoms with Crippen molar-refractivity contribution in [3.8, 4) is 0 Å². The molecule has 0 bridgehead atoms. The Bertz CT molecular complexity index is 693. The summed E-state index contributed by atoms with van der Waals surface area (Å²) in [5.41, 5.74) is 1.96. The molecule has 19 heavy (non-hydrogen) atoms. The molecule has 0 fully saturated rings. The van der Waals surface area contributed by atoms with Gasteiger partial charge in [-0.15, -0.1) is 0 Å². The van der Waals surface area contributed by atoms with Crippen LogP contribution in [0.2, 0.25) is 0 Å². The van der Waals surface area contributed by atoms with Crippen LogP contribution in [0.25, 0.3) is 10.8 Å². The molecule has 0 N–H and O–H groups in total. The number of rotatable bonds is 3. The van der Waals surface area contributed by atoms with Crippen LogP contribution in [0, 0.1) is 0 Å². The number of benzene rings is 2. The largest absolute Gasteiger partial charge is 1.00 e. The van der Waals surface area contributed by atoms with Crippen molar-refractivity contribution in [2.24, 2.45) is 0 Å². The number of aryl methyl sites for hydroxylation is 2. The summed E-state index contributed by atoms with van der Waals surface area (Å²) in [7, 11) is -4.44. The third-order valence-corrected chi connectivity index (χ3v) is 4.09. The van der Waals surface area contributed by atoms with Gasteiger partial charge in [-0.05, 0) is 35.4 Å². The van der Waals surface area contributed by atoms with Gasteiger partial charge in [-0.2, -0.15) is 0 Å². The quantitative estimate of drug-likeness (QED) is 0.583. The van der Waals surface area contributed by atoms with Gasteiger partial charge in [-0.1, -0.05) is 38.1 Å². The molecule has 0 unspecified atom stereocenters. The number of hydrogen-bond acceptors (Lipinski definition) is 3. The molecule has 96 valence electrons. The predicted octanol–water partition coefficient (Wildman–Crippen LogP) is -0.127. The second kappa shape index (κ2) is 6.37. The fourth-order valence-electron chi connectivity index (χ4n) is 2.32. The summed E-state index contributed by atoms with van der Waals surface area (Å²) in [6, 6.07) is 8.81. The van der Waals surface area contributed by atoms with E-state index in [1.54, 1.807) is 6.07 Å². The first-order valence-electron chi connectivity index (χ1n) is 5.98. The van der Waals surface area contributed by atoms with E-state index in [-0.39, 0.29) is 34.5 Å².